The molecule has 0 aromatic carbocycles. The fraction of sp³-hybridized carbons (Fsp3) is 0.538. The molecule has 2 aromatic heterocycles. The quantitative estimate of drug-likeness (QED) is 0.901. The van der Waals surface area contributed by atoms with Gasteiger partial charge < -0.3 is 10.6 Å². The van der Waals surface area contributed by atoms with Crippen molar-refractivity contribution < 1.29 is 0 Å². The van der Waals surface area contributed by atoms with Gasteiger partial charge in [0.25, 0.3) is 0 Å². The standard InChI is InChI=1S/C13H19N5S/c1-9(14)10-2-5-18(6-3-10)13-15-12(16-17-13)11-4-7-19-8-11/h4,7-10H,2-3,5-6,14H2,1H3,(H,15,16,17). The van der Waals surface area contributed by atoms with Crippen molar-refractivity contribution >= 4 is 17.3 Å². The van der Waals surface area contributed by atoms with Gasteiger partial charge in [-0.15, -0.1) is 5.10 Å². The van der Waals surface area contributed by atoms with Gasteiger partial charge in [-0.2, -0.15) is 16.3 Å². The molecule has 2 aromatic rings. The van der Waals surface area contributed by atoms with E-state index in [9.17, 15) is 0 Å². The van der Waals surface area contributed by atoms with Crippen molar-refractivity contribution in [3.8, 4) is 11.4 Å². The maximum absolute atomic E-state index is 5.96. The van der Waals surface area contributed by atoms with Crippen LogP contribution in [-0.4, -0.2) is 34.3 Å². The first-order chi connectivity index (χ1) is 9.24. The van der Waals surface area contributed by atoms with E-state index in [0.717, 1.165) is 43.3 Å². The highest BCUT2D eigenvalue weighted by Gasteiger charge is 2.24. The molecule has 1 aliphatic heterocycles. The molecule has 1 fully saturated rings. The summed E-state index contributed by atoms with van der Waals surface area (Å²) in [6.07, 6.45) is 2.25. The summed E-state index contributed by atoms with van der Waals surface area (Å²) >= 11 is 1.67. The molecule has 1 saturated heterocycles. The van der Waals surface area contributed by atoms with Gasteiger partial charge in [-0.3, -0.25) is 5.10 Å². The first kappa shape index (κ1) is 12.6. The van der Waals surface area contributed by atoms with Crippen LogP contribution in [-0.2, 0) is 0 Å². The van der Waals surface area contributed by atoms with Crippen molar-refractivity contribution in [3.05, 3.63) is 16.8 Å². The van der Waals surface area contributed by atoms with Gasteiger partial charge in [0, 0.05) is 30.1 Å². The monoisotopic (exact) mass is 277 g/mol. The number of anilines is 1. The van der Waals surface area contributed by atoms with Crippen molar-refractivity contribution in [2.24, 2.45) is 11.7 Å². The zero-order chi connectivity index (χ0) is 13.2. The molecular weight excluding hydrogens is 258 g/mol. The molecule has 102 valence electrons. The normalized spacial score (nSPS) is 18.7. The lowest BCUT2D eigenvalue weighted by Crippen LogP contribution is -2.40. The molecule has 0 amide bonds. The Hall–Kier alpha value is -1.40. The number of thiophene rings is 1. The van der Waals surface area contributed by atoms with E-state index < -0.39 is 0 Å². The van der Waals surface area contributed by atoms with E-state index in [2.05, 4.69) is 38.5 Å². The maximum Gasteiger partial charge on any atom is 0.245 e. The van der Waals surface area contributed by atoms with Gasteiger partial charge >= 0.3 is 0 Å². The van der Waals surface area contributed by atoms with Gasteiger partial charge in [-0.1, -0.05) is 0 Å². The van der Waals surface area contributed by atoms with Gasteiger partial charge in [0.1, 0.15) is 0 Å². The topological polar surface area (TPSA) is 70.8 Å². The average Bonchev–Trinajstić information content (AvgIpc) is 3.10. The number of nitrogens with one attached hydrogen (secondary N) is 1. The lowest BCUT2D eigenvalue weighted by Gasteiger charge is -2.32. The Kier molecular flexibility index (Phi) is 3.52. The van der Waals surface area contributed by atoms with E-state index in [1.54, 1.807) is 11.3 Å². The van der Waals surface area contributed by atoms with Crippen LogP contribution in [0.2, 0.25) is 0 Å². The summed E-state index contributed by atoms with van der Waals surface area (Å²) in [6, 6.07) is 2.34. The van der Waals surface area contributed by atoms with E-state index in [0.29, 0.717) is 5.92 Å². The van der Waals surface area contributed by atoms with Crippen molar-refractivity contribution in [2.75, 3.05) is 18.0 Å². The van der Waals surface area contributed by atoms with Crippen molar-refractivity contribution in [1.29, 1.82) is 0 Å². The average molecular weight is 277 g/mol. The summed E-state index contributed by atoms with van der Waals surface area (Å²) in [7, 11) is 0. The Morgan fingerprint density at radius 3 is 2.89 bits per heavy atom. The fourth-order valence-electron chi connectivity index (χ4n) is 2.55. The molecule has 6 heteroatoms. The second kappa shape index (κ2) is 5.30. The number of rotatable bonds is 3. The summed E-state index contributed by atoms with van der Waals surface area (Å²) in [5, 5.41) is 11.5. The Morgan fingerprint density at radius 2 is 2.26 bits per heavy atom. The van der Waals surface area contributed by atoms with Crippen LogP contribution in [0.1, 0.15) is 19.8 Å². The van der Waals surface area contributed by atoms with Gasteiger partial charge in [0.2, 0.25) is 5.95 Å². The summed E-state index contributed by atoms with van der Waals surface area (Å²) in [6.45, 7) is 4.09. The van der Waals surface area contributed by atoms with E-state index >= 15 is 0 Å². The number of aromatic nitrogens is 3. The molecule has 0 saturated carbocycles. The molecule has 3 rings (SSSR count). The highest BCUT2D eigenvalue weighted by Crippen LogP contribution is 2.24. The highest BCUT2D eigenvalue weighted by molar-refractivity contribution is 7.08. The first-order valence-corrected chi connectivity index (χ1v) is 7.64. The number of piperidine rings is 1. The van der Waals surface area contributed by atoms with Crippen LogP contribution >= 0.6 is 11.3 Å². The van der Waals surface area contributed by atoms with Crippen molar-refractivity contribution in [1.82, 2.24) is 15.2 Å². The number of hydrogen-bond acceptors (Lipinski definition) is 5. The van der Waals surface area contributed by atoms with Gasteiger partial charge in [-0.05, 0) is 37.1 Å². The lowest BCUT2D eigenvalue weighted by molar-refractivity contribution is 0.352. The van der Waals surface area contributed by atoms with Crippen LogP contribution in [0, 0.1) is 5.92 Å². The van der Waals surface area contributed by atoms with E-state index in [4.69, 9.17) is 5.73 Å². The number of nitrogens with zero attached hydrogens (tertiary/aromatic N) is 3. The Balaban J connectivity index is 1.68. The third-order valence-electron chi connectivity index (χ3n) is 3.83. The van der Waals surface area contributed by atoms with Crippen molar-refractivity contribution in [2.45, 2.75) is 25.8 Å². The number of nitrogens with two attached hydrogens (primary N) is 1. The molecule has 3 heterocycles. The lowest BCUT2D eigenvalue weighted by atomic mass is 9.91. The number of hydrogen-bond donors (Lipinski definition) is 2. The Morgan fingerprint density at radius 1 is 1.47 bits per heavy atom. The summed E-state index contributed by atoms with van der Waals surface area (Å²) < 4.78 is 0. The highest BCUT2D eigenvalue weighted by atomic mass is 32.1. The predicted molar refractivity (Wildman–Crippen MR) is 78.3 cm³/mol. The third-order valence-corrected chi connectivity index (χ3v) is 4.52. The molecule has 5 nitrogen and oxygen atoms in total. The molecule has 0 aliphatic carbocycles. The van der Waals surface area contributed by atoms with Gasteiger partial charge in [-0.25, -0.2) is 0 Å². The smallest absolute Gasteiger partial charge is 0.245 e. The summed E-state index contributed by atoms with van der Waals surface area (Å²) in [5.74, 6) is 2.29. The molecule has 0 bridgehead atoms. The molecule has 0 radical (unpaired) electrons. The molecular formula is C13H19N5S. The second-order valence-corrected chi connectivity index (χ2v) is 5.96. The second-order valence-electron chi connectivity index (χ2n) is 5.18. The molecule has 1 atom stereocenters. The molecule has 19 heavy (non-hydrogen) atoms. The van der Waals surface area contributed by atoms with E-state index in [1.807, 2.05) is 5.38 Å². The zero-order valence-electron chi connectivity index (χ0n) is 11.0. The van der Waals surface area contributed by atoms with Crippen molar-refractivity contribution in [3.63, 3.8) is 0 Å². The SMILES string of the molecule is CC(N)C1CCN(c2n[nH]c(-c3ccsc3)n2)CC1. The van der Waals surface area contributed by atoms with Gasteiger partial charge in [0.15, 0.2) is 5.82 Å². The Bertz CT molecular complexity index is 511. The minimum Gasteiger partial charge on any atom is -0.340 e. The zero-order valence-corrected chi connectivity index (χ0v) is 11.9. The Labute approximate surface area is 116 Å². The number of H-pyrrole nitrogens is 1. The fourth-order valence-corrected chi connectivity index (χ4v) is 3.19. The molecule has 3 N–H and O–H groups in total. The van der Waals surface area contributed by atoms with Crippen LogP contribution < -0.4 is 10.6 Å². The minimum atomic E-state index is 0.288. The third kappa shape index (κ3) is 2.64. The maximum atomic E-state index is 5.96. The van der Waals surface area contributed by atoms with Gasteiger partial charge in [0.05, 0.1) is 0 Å². The van der Waals surface area contributed by atoms with Crippen LogP contribution in [0.25, 0.3) is 11.4 Å². The first-order valence-electron chi connectivity index (χ1n) is 6.69. The van der Waals surface area contributed by atoms with Crippen LogP contribution in [0.3, 0.4) is 0 Å². The predicted octanol–water partition coefficient (Wildman–Crippen LogP) is 2.10. The summed E-state index contributed by atoms with van der Waals surface area (Å²) in [5.41, 5.74) is 7.07. The number of aromatic amines is 1. The van der Waals surface area contributed by atoms with Crippen LogP contribution in [0.15, 0.2) is 16.8 Å². The van der Waals surface area contributed by atoms with E-state index in [-0.39, 0.29) is 6.04 Å². The van der Waals surface area contributed by atoms with E-state index in [1.165, 1.54) is 0 Å². The van der Waals surface area contributed by atoms with Crippen LogP contribution in [0.5, 0.6) is 0 Å². The van der Waals surface area contributed by atoms with Crippen LogP contribution in [0.4, 0.5) is 5.95 Å². The summed E-state index contributed by atoms with van der Waals surface area (Å²) in [4.78, 5) is 6.82. The molecule has 1 aliphatic rings. The largest absolute Gasteiger partial charge is 0.340 e. The molecule has 0 spiro atoms. The minimum absolute atomic E-state index is 0.288. The molecule has 1 unspecified atom stereocenters.